The molecule has 0 fully saturated rings. The van der Waals surface area contributed by atoms with E-state index >= 15 is 0 Å². The highest BCUT2D eigenvalue weighted by Gasteiger charge is 2.05. The summed E-state index contributed by atoms with van der Waals surface area (Å²) in [6.45, 7) is 6.82. The molecular weight excluding hydrogens is 172 g/mol. The largest absolute Gasteiger partial charge is 0.360 e. The number of hydrogen-bond donors (Lipinski definition) is 0. The van der Waals surface area contributed by atoms with Crippen molar-refractivity contribution in [2.24, 2.45) is 4.99 Å². The summed E-state index contributed by atoms with van der Waals surface area (Å²) in [4.78, 5) is 6.78. The normalized spacial score (nSPS) is 26.9. The van der Waals surface area contributed by atoms with Crippen molar-refractivity contribution >= 4 is 5.84 Å². The van der Waals surface area contributed by atoms with Crippen LogP contribution in [0.3, 0.4) is 0 Å². The Morgan fingerprint density at radius 1 is 1.64 bits per heavy atom. The van der Waals surface area contributed by atoms with Gasteiger partial charge in [0.2, 0.25) is 0 Å². The van der Waals surface area contributed by atoms with Gasteiger partial charge in [0.15, 0.2) is 0 Å². The standard InChI is InChI=1S/C12H18N2/c1-4-11-9-7-6-8-10-14(3)12(5-2)13-11/h4,6-9,11H,1,5,10H2,2-3H3/b8-6-,9-7-,13-12?. The summed E-state index contributed by atoms with van der Waals surface area (Å²) in [5, 5.41) is 0. The zero-order valence-corrected chi connectivity index (χ0v) is 8.98. The predicted molar refractivity (Wildman–Crippen MR) is 62.6 cm³/mol. The lowest BCUT2D eigenvalue weighted by Crippen LogP contribution is -2.27. The topological polar surface area (TPSA) is 15.6 Å². The van der Waals surface area contributed by atoms with E-state index in [-0.39, 0.29) is 6.04 Å². The van der Waals surface area contributed by atoms with Crippen molar-refractivity contribution in [3.63, 3.8) is 0 Å². The summed E-state index contributed by atoms with van der Waals surface area (Å²) in [7, 11) is 2.07. The van der Waals surface area contributed by atoms with Gasteiger partial charge in [0, 0.05) is 20.0 Å². The van der Waals surface area contributed by atoms with Gasteiger partial charge in [-0.25, -0.2) is 0 Å². The fraction of sp³-hybridized carbons (Fsp3) is 0.417. The second-order valence-electron chi connectivity index (χ2n) is 3.32. The van der Waals surface area contributed by atoms with Crippen molar-refractivity contribution in [3.8, 4) is 0 Å². The van der Waals surface area contributed by atoms with Crippen LogP contribution in [0.4, 0.5) is 0 Å². The molecule has 1 heterocycles. The Morgan fingerprint density at radius 3 is 3.07 bits per heavy atom. The first-order valence-electron chi connectivity index (χ1n) is 5.01. The maximum Gasteiger partial charge on any atom is 0.0997 e. The molecule has 14 heavy (non-hydrogen) atoms. The minimum atomic E-state index is 0.107. The highest BCUT2D eigenvalue weighted by Crippen LogP contribution is 2.04. The molecule has 0 bridgehead atoms. The highest BCUT2D eigenvalue weighted by molar-refractivity contribution is 5.82. The van der Waals surface area contributed by atoms with Crippen LogP contribution >= 0.6 is 0 Å². The van der Waals surface area contributed by atoms with Crippen LogP contribution in [-0.4, -0.2) is 30.4 Å². The van der Waals surface area contributed by atoms with Crippen LogP contribution in [0.25, 0.3) is 0 Å². The SMILES string of the molecule is C=CC1/C=C\C=C/CN(C)C(CC)=N1. The van der Waals surface area contributed by atoms with Crippen molar-refractivity contribution in [2.75, 3.05) is 13.6 Å². The molecule has 2 nitrogen and oxygen atoms in total. The average Bonchev–Trinajstić information content (AvgIpc) is 2.29. The number of hydrogen-bond acceptors (Lipinski definition) is 2. The quantitative estimate of drug-likeness (QED) is 0.610. The second kappa shape index (κ2) is 5.43. The summed E-state index contributed by atoms with van der Waals surface area (Å²) in [6, 6.07) is 0.107. The lowest BCUT2D eigenvalue weighted by atomic mass is 10.2. The second-order valence-corrected chi connectivity index (χ2v) is 3.32. The van der Waals surface area contributed by atoms with Crippen LogP contribution in [0.5, 0.6) is 0 Å². The van der Waals surface area contributed by atoms with Gasteiger partial charge in [0.25, 0.3) is 0 Å². The number of rotatable bonds is 2. The molecule has 1 aliphatic heterocycles. The molecule has 0 aromatic carbocycles. The van der Waals surface area contributed by atoms with Crippen LogP contribution in [-0.2, 0) is 0 Å². The molecule has 76 valence electrons. The summed E-state index contributed by atoms with van der Waals surface area (Å²) in [6.07, 6.45) is 11.1. The van der Waals surface area contributed by atoms with E-state index in [1.165, 1.54) is 0 Å². The summed E-state index contributed by atoms with van der Waals surface area (Å²) >= 11 is 0. The van der Waals surface area contributed by atoms with Gasteiger partial charge in [-0.15, -0.1) is 6.58 Å². The molecule has 0 spiro atoms. The van der Waals surface area contributed by atoms with Crippen LogP contribution in [0, 0.1) is 0 Å². The first kappa shape index (κ1) is 10.8. The van der Waals surface area contributed by atoms with E-state index in [9.17, 15) is 0 Å². The number of amidine groups is 1. The van der Waals surface area contributed by atoms with Crippen LogP contribution in [0.1, 0.15) is 13.3 Å². The molecule has 0 saturated carbocycles. The molecule has 2 heteroatoms. The minimum Gasteiger partial charge on any atom is -0.360 e. The van der Waals surface area contributed by atoms with Crippen molar-refractivity contribution in [3.05, 3.63) is 37.0 Å². The van der Waals surface area contributed by atoms with E-state index in [0.29, 0.717) is 0 Å². The zero-order chi connectivity index (χ0) is 10.4. The van der Waals surface area contributed by atoms with E-state index in [1.54, 1.807) is 0 Å². The highest BCUT2D eigenvalue weighted by atomic mass is 15.2. The lowest BCUT2D eigenvalue weighted by Gasteiger charge is -2.19. The van der Waals surface area contributed by atoms with Crippen LogP contribution < -0.4 is 0 Å². The smallest absolute Gasteiger partial charge is 0.0997 e. The molecule has 1 aliphatic rings. The fourth-order valence-electron chi connectivity index (χ4n) is 1.39. The van der Waals surface area contributed by atoms with Gasteiger partial charge in [0.1, 0.15) is 0 Å². The van der Waals surface area contributed by atoms with E-state index in [0.717, 1.165) is 18.8 Å². The summed E-state index contributed by atoms with van der Waals surface area (Å²) in [5.74, 6) is 1.13. The molecule has 0 aromatic heterocycles. The van der Waals surface area contributed by atoms with Gasteiger partial charge in [-0.05, 0) is 0 Å². The molecule has 0 aromatic rings. The number of aliphatic imine (C=N–C) groups is 1. The Morgan fingerprint density at radius 2 is 2.43 bits per heavy atom. The average molecular weight is 190 g/mol. The molecule has 1 rings (SSSR count). The molecule has 0 N–H and O–H groups in total. The molecule has 0 amide bonds. The maximum atomic E-state index is 4.61. The Bertz CT molecular complexity index is 274. The Labute approximate surface area is 86.3 Å². The Kier molecular flexibility index (Phi) is 4.17. The first-order chi connectivity index (χ1) is 6.77. The van der Waals surface area contributed by atoms with Crippen molar-refractivity contribution in [1.82, 2.24) is 4.90 Å². The molecule has 1 unspecified atom stereocenters. The third kappa shape index (κ3) is 2.87. The monoisotopic (exact) mass is 190 g/mol. The van der Waals surface area contributed by atoms with E-state index in [1.807, 2.05) is 12.2 Å². The van der Waals surface area contributed by atoms with Crippen molar-refractivity contribution in [1.29, 1.82) is 0 Å². The molecular formula is C12H18N2. The first-order valence-corrected chi connectivity index (χ1v) is 5.01. The summed E-state index contributed by atoms with van der Waals surface area (Å²) < 4.78 is 0. The van der Waals surface area contributed by atoms with Gasteiger partial charge in [-0.1, -0.05) is 37.3 Å². The Hall–Kier alpha value is -1.31. The van der Waals surface area contributed by atoms with Crippen LogP contribution in [0.15, 0.2) is 42.0 Å². The third-order valence-corrected chi connectivity index (χ3v) is 2.23. The Balaban J connectivity index is 2.91. The van der Waals surface area contributed by atoms with Gasteiger partial charge >= 0.3 is 0 Å². The van der Waals surface area contributed by atoms with Crippen molar-refractivity contribution < 1.29 is 0 Å². The molecule has 0 saturated heterocycles. The van der Waals surface area contributed by atoms with Crippen molar-refractivity contribution in [2.45, 2.75) is 19.4 Å². The number of allylic oxidation sites excluding steroid dienone is 2. The molecule has 0 radical (unpaired) electrons. The third-order valence-electron chi connectivity index (χ3n) is 2.23. The molecule has 1 atom stereocenters. The van der Waals surface area contributed by atoms with E-state index < -0.39 is 0 Å². The van der Waals surface area contributed by atoms with Gasteiger partial charge in [0.05, 0.1) is 11.9 Å². The van der Waals surface area contributed by atoms with Crippen LogP contribution in [0.2, 0.25) is 0 Å². The minimum absolute atomic E-state index is 0.107. The predicted octanol–water partition coefficient (Wildman–Crippen LogP) is 2.41. The summed E-state index contributed by atoms with van der Waals surface area (Å²) in [5.41, 5.74) is 0. The van der Waals surface area contributed by atoms with Gasteiger partial charge < -0.3 is 4.90 Å². The fourth-order valence-corrected chi connectivity index (χ4v) is 1.39. The van der Waals surface area contributed by atoms with E-state index in [4.69, 9.17) is 0 Å². The number of nitrogens with zero attached hydrogens (tertiary/aromatic N) is 2. The van der Waals surface area contributed by atoms with Gasteiger partial charge in [-0.2, -0.15) is 0 Å². The van der Waals surface area contributed by atoms with Gasteiger partial charge in [-0.3, -0.25) is 4.99 Å². The zero-order valence-electron chi connectivity index (χ0n) is 8.98. The lowest BCUT2D eigenvalue weighted by molar-refractivity contribution is 0.548. The molecule has 0 aliphatic carbocycles. The van der Waals surface area contributed by atoms with E-state index in [2.05, 4.69) is 48.7 Å². The maximum absolute atomic E-state index is 4.61. The number of likely N-dealkylation sites (N-methyl/N-ethyl adjacent to an activating group) is 1.